The lowest BCUT2D eigenvalue weighted by atomic mass is 10.1. The lowest BCUT2D eigenvalue weighted by molar-refractivity contribution is 1.32. The van der Waals surface area contributed by atoms with Crippen molar-refractivity contribution < 1.29 is 0 Å². The zero-order chi connectivity index (χ0) is 11.8. The maximum Gasteiger partial charge on any atom is 0.0465 e. The average molecular weight is 222 g/mol. The Labute approximate surface area is 100 Å². The van der Waals surface area contributed by atoms with E-state index in [4.69, 9.17) is 0 Å². The number of fused-ring (bicyclic) bond motifs is 1. The average Bonchev–Trinajstić information content (AvgIpc) is 2.74. The van der Waals surface area contributed by atoms with Gasteiger partial charge in [-0.15, -0.1) is 0 Å². The maximum absolute atomic E-state index is 4.04. The third-order valence-electron chi connectivity index (χ3n) is 3.08. The van der Waals surface area contributed by atoms with Crippen LogP contribution in [0.1, 0.15) is 11.1 Å². The van der Waals surface area contributed by atoms with Crippen molar-refractivity contribution in [2.24, 2.45) is 0 Å². The fourth-order valence-corrected chi connectivity index (χ4v) is 2.29. The van der Waals surface area contributed by atoms with Gasteiger partial charge in [-0.25, -0.2) is 0 Å². The van der Waals surface area contributed by atoms with Crippen LogP contribution in [-0.2, 0) is 0 Å². The lowest BCUT2D eigenvalue weighted by Gasteiger charge is -1.97. The van der Waals surface area contributed by atoms with E-state index in [1.807, 2.05) is 24.5 Å². The molecule has 0 fully saturated rings. The molecule has 2 nitrogen and oxygen atoms in total. The van der Waals surface area contributed by atoms with Crippen molar-refractivity contribution in [1.29, 1.82) is 0 Å². The van der Waals surface area contributed by atoms with Gasteiger partial charge in [0.15, 0.2) is 0 Å². The minimum Gasteiger partial charge on any atom is -0.355 e. The Morgan fingerprint density at radius 3 is 2.53 bits per heavy atom. The summed E-state index contributed by atoms with van der Waals surface area (Å²) in [5, 5.41) is 1.29. The van der Waals surface area contributed by atoms with Crippen molar-refractivity contribution in [2.75, 3.05) is 0 Å². The summed E-state index contributed by atoms with van der Waals surface area (Å²) < 4.78 is 0. The molecule has 0 aliphatic carbocycles. The van der Waals surface area contributed by atoms with E-state index in [9.17, 15) is 0 Å². The molecule has 0 saturated heterocycles. The van der Waals surface area contributed by atoms with Crippen LogP contribution in [0.4, 0.5) is 0 Å². The van der Waals surface area contributed by atoms with Gasteiger partial charge in [-0.2, -0.15) is 0 Å². The van der Waals surface area contributed by atoms with Crippen LogP contribution in [-0.4, -0.2) is 9.97 Å². The Morgan fingerprint density at radius 2 is 1.76 bits per heavy atom. The van der Waals surface area contributed by atoms with E-state index in [1.165, 1.54) is 27.6 Å². The Hall–Kier alpha value is -2.09. The molecule has 0 aliphatic heterocycles. The Kier molecular flexibility index (Phi) is 2.22. The van der Waals surface area contributed by atoms with Gasteiger partial charge in [0.1, 0.15) is 0 Å². The quantitative estimate of drug-likeness (QED) is 0.665. The predicted molar refractivity (Wildman–Crippen MR) is 71.0 cm³/mol. The first-order chi connectivity index (χ1) is 8.24. The van der Waals surface area contributed by atoms with E-state index >= 15 is 0 Å². The monoisotopic (exact) mass is 222 g/mol. The molecule has 2 heterocycles. The smallest absolute Gasteiger partial charge is 0.0465 e. The molecule has 0 amide bonds. The molecule has 2 heteroatoms. The lowest BCUT2D eigenvalue weighted by Crippen LogP contribution is -1.78. The highest BCUT2D eigenvalue weighted by Crippen LogP contribution is 2.26. The summed E-state index contributed by atoms with van der Waals surface area (Å²) in [5.41, 5.74) is 6.13. The van der Waals surface area contributed by atoms with Crippen molar-refractivity contribution >= 4 is 10.9 Å². The van der Waals surface area contributed by atoms with Gasteiger partial charge in [-0.05, 0) is 49.2 Å². The number of benzene rings is 1. The highest BCUT2D eigenvalue weighted by Gasteiger charge is 2.05. The fraction of sp³-hybridized carbons (Fsp3) is 0.133. The molecule has 0 spiro atoms. The second kappa shape index (κ2) is 3.74. The summed E-state index contributed by atoms with van der Waals surface area (Å²) in [6, 6.07) is 10.7. The third kappa shape index (κ3) is 1.72. The summed E-state index contributed by atoms with van der Waals surface area (Å²) >= 11 is 0. The van der Waals surface area contributed by atoms with Crippen LogP contribution in [0.15, 0.2) is 42.7 Å². The van der Waals surface area contributed by atoms with Crippen LogP contribution in [0, 0.1) is 13.8 Å². The zero-order valence-electron chi connectivity index (χ0n) is 9.99. The molecule has 84 valence electrons. The van der Waals surface area contributed by atoms with Gasteiger partial charge in [-0.1, -0.05) is 6.07 Å². The van der Waals surface area contributed by atoms with Crippen LogP contribution in [0.25, 0.3) is 22.2 Å². The number of pyridine rings is 1. The highest BCUT2D eigenvalue weighted by atomic mass is 14.7. The zero-order valence-corrected chi connectivity index (χ0v) is 9.99. The standard InChI is InChI=1S/C15H14N2/c1-10-7-11(2)13-9-14(17-15(13)8-10)12-3-5-16-6-4-12/h3-9,17H,1-2H3. The Balaban J connectivity index is 2.24. The van der Waals surface area contributed by atoms with Gasteiger partial charge in [0, 0.05) is 34.6 Å². The minimum atomic E-state index is 1.15. The van der Waals surface area contributed by atoms with E-state index in [-0.39, 0.29) is 0 Å². The highest BCUT2D eigenvalue weighted by molar-refractivity contribution is 5.88. The summed E-state index contributed by atoms with van der Waals surface area (Å²) in [7, 11) is 0. The van der Waals surface area contributed by atoms with Gasteiger partial charge in [0.2, 0.25) is 0 Å². The molecule has 1 aromatic carbocycles. The molecule has 1 N–H and O–H groups in total. The largest absolute Gasteiger partial charge is 0.355 e. The molecule has 0 atom stereocenters. The Morgan fingerprint density at radius 1 is 1.00 bits per heavy atom. The first kappa shape index (κ1) is 10.1. The normalized spacial score (nSPS) is 10.9. The molecular formula is C15H14N2. The molecule has 0 radical (unpaired) electrons. The number of nitrogens with one attached hydrogen (secondary N) is 1. The van der Waals surface area contributed by atoms with Crippen LogP contribution >= 0.6 is 0 Å². The molecule has 0 saturated carbocycles. The van der Waals surface area contributed by atoms with Crippen LogP contribution in [0.3, 0.4) is 0 Å². The van der Waals surface area contributed by atoms with E-state index in [2.05, 4.69) is 42.0 Å². The van der Waals surface area contributed by atoms with Crippen LogP contribution < -0.4 is 0 Å². The fourth-order valence-electron chi connectivity index (χ4n) is 2.29. The van der Waals surface area contributed by atoms with Crippen LogP contribution in [0.5, 0.6) is 0 Å². The molecule has 0 bridgehead atoms. The minimum absolute atomic E-state index is 1.15. The number of hydrogen-bond donors (Lipinski definition) is 1. The predicted octanol–water partition coefficient (Wildman–Crippen LogP) is 3.85. The van der Waals surface area contributed by atoms with Crippen molar-refractivity contribution in [2.45, 2.75) is 13.8 Å². The van der Waals surface area contributed by atoms with Gasteiger partial charge in [-0.3, -0.25) is 4.98 Å². The third-order valence-corrected chi connectivity index (χ3v) is 3.08. The number of aromatic nitrogens is 2. The molecular weight excluding hydrogens is 208 g/mol. The van der Waals surface area contributed by atoms with Crippen molar-refractivity contribution in [1.82, 2.24) is 9.97 Å². The number of aryl methyl sites for hydroxylation is 2. The number of hydrogen-bond acceptors (Lipinski definition) is 1. The van der Waals surface area contributed by atoms with E-state index in [0.717, 1.165) is 5.69 Å². The summed E-state index contributed by atoms with van der Waals surface area (Å²) in [6.45, 7) is 4.28. The number of rotatable bonds is 1. The molecule has 0 aliphatic rings. The van der Waals surface area contributed by atoms with Gasteiger partial charge >= 0.3 is 0 Å². The van der Waals surface area contributed by atoms with E-state index in [0.29, 0.717) is 0 Å². The number of H-pyrrole nitrogens is 1. The summed E-state index contributed by atoms with van der Waals surface area (Å²) in [5.74, 6) is 0. The first-order valence-electron chi connectivity index (χ1n) is 5.74. The molecule has 3 rings (SSSR count). The van der Waals surface area contributed by atoms with E-state index < -0.39 is 0 Å². The van der Waals surface area contributed by atoms with E-state index in [1.54, 1.807) is 0 Å². The van der Waals surface area contributed by atoms with Gasteiger partial charge in [0.25, 0.3) is 0 Å². The number of aromatic amines is 1. The first-order valence-corrected chi connectivity index (χ1v) is 5.74. The second-order valence-electron chi connectivity index (χ2n) is 4.46. The molecule has 17 heavy (non-hydrogen) atoms. The maximum atomic E-state index is 4.04. The second-order valence-corrected chi connectivity index (χ2v) is 4.46. The number of nitrogens with zero attached hydrogens (tertiary/aromatic N) is 1. The van der Waals surface area contributed by atoms with Gasteiger partial charge in [0.05, 0.1) is 0 Å². The topological polar surface area (TPSA) is 28.7 Å². The van der Waals surface area contributed by atoms with Crippen molar-refractivity contribution in [3.63, 3.8) is 0 Å². The molecule has 0 unspecified atom stereocenters. The molecule has 2 aromatic heterocycles. The SMILES string of the molecule is Cc1cc(C)c2cc(-c3ccncc3)[nH]c2c1. The molecule has 3 aromatic rings. The Bertz CT molecular complexity index is 666. The van der Waals surface area contributed by atoms with Crippen molar-refractivity contribution in [3.8, 4) is 11.3 Å². The van der Waals surface area contributed by atoms with Crippen LogP contribution in [0.2, 0.25) is 0 Å². The summed E-state index contributed by atoms with van der Waals surface area (Å²) in [4.78, 5) is 7.51. The van der Waals surface area contributed by atoms with Gasteiger partial charge < -0.3 is 4.98 Å². The summed E-state index contributed by atoms with van der Waals surface area (Å²) in [6.07, 6.45) is 3.64. The van der Waals surface area contributed by atoms with Crippen molar-refractivity contribution in [3.05, 3.63) is 53.9 Å².